The molecule has 2 unspecified atom stereocenters. The number of likely N-dealkylation sites (tertiary alicyclic amines) is 1. The first-order chi connectivity index (χ1) is 14.6. The van der Waals surface area contributed by atoms with Crippen molar-refractivity contribution in [1.29, 1.82) is 0 Å². The second kappa shape index (κ2) is 8.82. The minimum absolute atomic E-state index is 0.157. The number of piperidine rings is 1. The van der Waals surface area contributed by atoms with Crippen LogP contribution in [0.2, 0.25) is 0 Å². The number of sulfonamides is 1. The van der Waals surface area contributed by atoms with Crippen LogP contribution in [0, 0.1) is 5.82 Å². The van der Waals surface area contributed by atoms with Gasteiger partial charge in [0.1, 0.15) is 18.2 Å². The lowest BCUT2D eigenvalue weighted by Crippen LogP contribution is -2.60. The molecule has 0 radical (unpaired) electrons. The van der Waals surface area contributed by atoms with Gasteiger partial charge in [0, 0.05) is 19.6 Å². The summed E-state index contributed by atoms with van der Waals surface area (Å²) in [6.45, 7) is 7.77. The highest BCUT2D eigenvalue weighted by Gasteiger charge is 2.57. The lowest BCUT2D eigenvalue weighted by atomic mass is 9.79. The summed E-state index contributed by atoms with van der Waals surface area (Å²) in [5, 5.41) is 0. The van der Waals surface area contributed by atoms with Crippen LogP contribution >= 0.6 is 0 Å². The number of carbonyl (C=O) groups is 1. The highest BCUT2D eigenvalue weighted by atomic mass is 32.2. The average molecular weight is 450 g/mol. The zero-order valence-corrected chi connectivity index (χ0v) is 18.9. The summed E-state index contributed by atoms with van der Waals surface area (Å²) in [4.78, 5) is 18.5. The van der Waals surface area contributed by atoms with E-state index < -0.39 is 27.5 Å². The van der Waals surface area contributed by atoms with E-state index in [1.54, 1.807) is 30.2 Å². The van der Waals surface area contributed by atoms with Crippen LogP contribution in [0.1, 0.15) is 26.7 Å². The minimum atomic E-state index is -3.73. The first-order valence-electron chi connectivity index (χ1n) is 10.1. The number of carbonyl (C=O) groups excluding carboxylic acids is 1. The number of benzene rings is 1. The van der Waals surface area contributed by atoms with E-state index in [4.69, 9.17) is 4.74 Å². The van der Waals surface area contributed by atoms with E-state index in [2.05, 4.69) is 11.6 Å². The number of halogens is 1. The Balaban J connectivity index is 1.89. The fourth-order valence-corrected chi connectivity index (χ4v) is 6.60. The van der Waals surface area contributed by atoms with Gasteiger partial charge in [0.15, 0.2) is 0 Å². The SMILES string of the molecule is C=CC=C(C)COC(=O)N1CCC2(CC1C)C(=NC)CS(=O)(=O)N2c1cccc(F)c1. The monoisotopic (exact) mass is 449 g/mol. The van der Waals surface area contributed by atoms with Crippen LogP contribution in [-0.2, 0) is 14.8 Å². The van der Waals surface area contributed by atoms with E-state index in [-0.39, 0.29) is 24.1 Å². The lowest BCUT2D eigenvalue weighted by molar-refractivity contribution is 0.0755. The summed E-state index contributed by atoms with van der Waals surface area (Å²) in [6.07, 6.45) is 3.63. The van der Waals surface area contributed by atoms with Gasteiger partial charge in [0.25, 0.3) is 0 Å². The Kier molecular flexibility index (Phi) is 6.54. The fraction of sp³-hybridized carbons (Fsp3) is 0.455. The molecular formula is C22H28FN3O4S. The molecule has 2 fully saturated rings. The highest BCUT2D eigenvalue weighted by Crippen LogP contribution is 2.44. The summed E-state index contributed by atoms with van der Waals surface area (Å²) in [5.74, 6) is -0.732. The molecule has 1 aromatic carbocycles. The molecule has 0 aliphatic carbocycles. The molecule has 0 saturated carbocycles. The van der Waals surface area contributed by atoms with Gasteiger partial charge in [-0.05, 0) is 50.5 Å². The third kappa shape index (κ3) is 4.37. The molecular weight excluding hydrogens is 421 g/mol. The smallest absolute Gasteiger partial charge is 0.410 e. The number of anilines is 1. The van der Waals surface area contributed by atoms with E-state index in [1.165, 1.54) is 22.5 Å². The van der Waals surface area contributed by atoms with Crippen LogP contribution in [0.25, 0.3) is 0 Å². The topological polar surface area (TPSA) is 79.3 Å². The van der Waals surface area contributed by atoms with Gasteiger partial charge in [-0.1, -0.05) is 24.8 Å². The predicted molar refractivity (Wildman–Crippen MR) is 119 cm³/mol. The van der Waals surface area contributed by atoms with Crippen molar-refractivity contribution >= 4 is 27.5 Å². The van der Waals surface area contributed by atoms with Gasteiger partial charge in [-0.2, -0.15) is 0 Å². The molecule has 0 N–H and O–H groups in total. The maximum Gasteiger partial charge on any atom is 0.410 e. The number of aliphatic imine (C=N–C) groups is 1. The summed E-state index contributed by atoms with van der Waals surface area (Å²) in [7, 11) is -2.16. The summed E-state index contributed by atoms with van der Waals surface area (Å²) >= 11 is 0. The Labute approximate surface area is 182 Å². The lowest BCUT2D eigenvalue weighted by Gasteiger charge is -2.47. The number of rotatable bonds is 4. The van der Waals surface area contributed by atoms with E-state index in [9.17, 15) is 17.6 Å². The number of amides is 1. The van der Waals surface area contributed by atoms with Crippen LogP contribution in [0.3, 0.4) is 0 Å². The molecule has 7 nitrogen and oxygen atoms in total. The Morgan fingerprint density at radius 1 is 1.45 bits per heavy atom. The van der Waals surface area contributed by atoms with Gasteiger partial charge >= 0.3 is 6.09 Å². The molecule has 0 aromatic heterocycles. The van der Waals surface area contributed by atoms with Crippen LogP contribution in [0.5, 0.6) is 0 Å². The molecule has 1 amide bonds. The molecule has 2 atom stereocenters. The summed E-state index contributed by atoms with van der Waals surface area (Å²) < 4.78 is 46.8. The average Bonchev–Trinajstić information content (AvgIpc) is 2.92. The number of ether oxygens (including phenoxy) is 1. The van der Waals surface area contributed by atoms with Crippen LogP contribution < -0.4 is 4.31 Å². The first-order valence-corrected chi connectivity index (χ1v) is 11.7. The van der Waals surface area contributed by atoms with Crippen molar-refractivity contribution in [3.8, 4) is 0 Å². The molecule has 3 rings (SSSR count). The Hall–Kier alpha value is -2.68. The van der Waals surface area contributed by atoms with E-state index >= 15 is 0 Å². The second-order valence-electron chi connectivity index (χ2n) is 8.00. The third-order valence-corrected chi connectivity index (χ3v) is 7.58. The van der Waals surface area contributed by atoms with Crippen molar-refractivity contribution in [3.05, 3.63) is 54.4 Å². The summed E-state index contributed by atoms with van der Waals surface area (Å²) in [5.41, 5.74) is 0.730. The molecule has 2 saturated heterocycles. The third-order valence-electron chi connectivity index (χ3n) is 5.83. The summed E-state index contributed by atoms with van der Waals surface area (Å²) in [6, 6.07) is 5.27. The van der Waals surface area contributed by atoms with Crippen molar-refractivity contribution in [1.82, 2.24) is 4.90 Å². The van der Waals surface area contributed by atoms with Gasteiger partial charge in [-0.25, -0.2) is 17.6 Å². The van der Waals surface area contributed by atoms with E-state index in [0.29, 0.717) is 25.1 Å². The number of hydrogen-bond acceptors (Lipinski definition) is 5. The quantitative estimate of drug-likeness (QED) is 0.659. The first kappa shape index (κ1) is 23.0. The largest absolute Gasteiger partial charge is 0.445 e. The van der Waals surface area contributed by atoms with Gasteiger partial charge in [-0.15, -0.1) is 0 Å². The molecule has 2 heterocycles. The van der Waals surface area contributed by atoms with Crippen molar-refractivity contribution in [2.75, 3.05) is 30.3 Å². The normalized spacial score (nSPS) is 27.0. The maximum atomic E-state index is 13.9. The van der Waals surface area contributed by atoms with Crippen molar-refractivity contribution in [3.63, 3.8) is 0 Å². The van der Waals surface area contributed by atoms with Crippen molar-refractivity contribution in [2.45, 2.75) is 38.3 Å². The van der Waals surface area contributed by atoms with Crippen LogP contribution in [0.15, 0.2) is 53.6 Å². The van der Waals surface area contributed by atoms with Crippen LogP contribution in [0.4, 0.5) is 14.9 Å². The van der Waals surface area contributed by atoms with Gasteiger partial charge in [0.2, 0.25) is 10.0 Å². The van der Waals surface area contributed by atoms with Gasteiger partial charge in [-0.3, -0.25) is 9.30 Å². The Morgan fingerprint density at radius 2 is 2.19 bits per heavy atom. The molecule has 1 spiro atoms. The maximum absolute atomic E-state index is 13.9. The van der Waals surface area contributed by atoms with E-state index in [1.807, 2.05) is 13.8 Å². The molecule has 2 aliphatic heterocycles. The Morgan fingerprint density at radius 3 is 2.81 bits per heavy atom. The number of hydrogen-bond donors (Lipinski definition) is 0. The molecule has 2 aliphatic rings. The number of nitrogens with zero attached hydrogens (tertiary/aromatic N) is 3. The minimum Gasteiger partial charge on any atom is -0.445 e. The highest BCUT2D eigenvalue weighted by molar-refractivity contribution is 7.94. The standard InChI is InChI=1S/C22H28FN3O4S/c1-5-7-16(2)14-30-21(27)25-11-10-22(13-17(25)3)20(24-4)15-31(28,29)26(22)19-9-6-8-18(23)12-19/h5-9,12,17H,1,10-11,13-15H2,2-4H3. The molecule has 1 aromatic rings. The molecule has 31 heavy (non-hydrogen) atoms. The number of allylic oxidation sites excluding steroid dienone is 2. The fourth-order valence-electron chi connectivity index (χ4n) is 4.49. The van der Waals surface area contributed by atoms with Gasteiger partial charge in [0.05, 0.1) is 16.9 Å². The zero-order chi connectivity index (χ0) is 22.8. The molecule has 9 heteroatoms. The molecule has 0 bridgehead atoms. The van der Waals surface area contributed by atoms with Crippen molar-refractivity contribution in [2.24, 2.45) is 4.99 Å². The van der Waals surface area contributed by atoms with Crippen molar-refractivity contribution < 1.29 is 22.3 Å². The van der Waals surface area contributed by atoms with E-state index in [0.717, 1.165) is 5.57 Å². The van der Waals surface area contributed by atoms with Gasteiger partial charge < -0.3 is 9.64 Å². The second-order valence-corrected chi connectivity index (χ2v) is 9.82. The van der Waals surface area contributed by atoms with Crippen LogP contribution in [-0.4, -0.2) is 62.7 Å². The zero-order valence-electron chi connectivity index (χ0n) is 18.0. The predicted octanol–water partition coefficient (Wildman–Crippen LogP) is 3.54. The molecule has 168 valence electrons. The Bertz CT molecular complexity index is 1040.